The van der Waals surface area contributed by atoms with Gasteiger partial charge in [-0.1, -0.05) is 36.4 Å². The van der Waals surface area contributed by atoms with Crippen LogP contribution in [-0.4, -0.2) is 40.2 Å². The molecule has 2 aromatic heterocycles. The molecule has 1 fully saturated rings. The first-order valence-electron chi connectivity index (χ1n) is 11.1. The lowest BCUT2D eigenvalue weighted by Crippen LogP contribution is -2.33. The summed E-state index contributed by atoms with van der Waals surface area (Å²) in [7, 11) is 0. The smallest absolute Gasteiger partial charge is 0.349 e. The predicted octanol–water partition coefficient (Wildman–Crippen LogP) is 2.53. The van der Waals surface area contributed by atoms with Crippen LogP contribution in [0, 0.1) is 0 Å². The number of carbonyl (C=O) groups is 1. The first-order chi connectivity index (χ1) is 16.1. The van der Waals surface area contributed by atoms with Crippen molar-refractivity contribution in [3.05, 3.63) is 86.6 Å². The summed E-state index contributed by atoms with van der Waals surface area (Å²) in [6.45, 7) is 3.41. The van der Waals surface area contributed by atoms with Crippen molar-refractivity contribution in [1.82, 2.24) is 20.0 Å². The Balaban J connectivity index is 1.41. The summed E-state index contributed by atoms with van der Waals surface area (Å²) in [5.41, 5.74) is 0.0944. The van der Waals surface area contributed by atoms with Gasteiger partial charge in [0.15, 0.2) is 0 Å². The molecule has 3 heterocycles. The molecule has 33 heavy (non-hydrogen) atoms. The number of hydrogen-bond donors (Lipinski definition) is 1. The summed E-state index contributed by atoms with van der Waals surface area (Å²) in [4.78, 5) is 40.4. The summed E-state index contributed by atoms with van der Waals surface area (Å²) in [5, 5.41) is 9.24. The lowest BCUT2D eigenvalue weighted by molar-refractivity contribution is 0.0947. The van der Waals surface area contributed by atoms with Crippen LogP contribution in [0.1, 0.15) is 28.9 Å². The van der Waals surface area contributed by atoms with Crippen molar-refractivity contribution in [2.75, 3.05) is 19.6 Å². The standard InChI is InChI=1S/C25H24N4O4/c30-23(20-15-17-7-1-4-10-22(17)33-25(20)32)26-16-21-18-8-2-3-9-19(18)24(31)29(27-21)14-13-28-11-5-6-12-28/h1-4,7-10,15H,5-6,11-14,16H2,(H,26,30). The van der Waals surface area contributed by atoms with Crippen molar-refractivity contribution in [3.63, 3.8) is 0 Å². The van der Waals surface area contributed by atoms with Gasteiger partial charge in [0.05, 0.1) is 24.2 Å². The minimum absolute atomic E-state index is 0.0691. The Morgan fingerprint density at radius 2 is 1.70 bits per heavy atom. The van der Waals surface area contributed by atoms with Gasteiger partial charge in [-0.2, -0.15) is 5.10 Å². The predicted molar refractivity (Wildman–Crippen MR) is 125 cm³/mol. The lowest BCUT2D eigenvalue weighted by atomic mass is 10.1. The van der Waals surface area contributed by atoms with E-state index in [1.54, 1.807) is 24.3 Å². The number of para-hydroxylation sites is 1. The van der Waals surface area contributed by atoms with Crippen LogP contribution in [-0.2, 0) is 13.1 Å². The van der Waals surface area contributed by atoms with Crippen LogP contribution in [0.2, 0.25) is 0 Å². The highest BCUT2D eigenvalue weighted by Crippen LogP contribution is 2.15. The average molecular weight is 444 g/mol. The molecule has 4 aromatic rings. The molecule has 1 amide bonds. The van der Waals surface area contributed by atoms with Gasteiger partial charge in [-0.15, -0.1) is 0 Å². The quantitative estimate of drug-likeness (QED) is 0.459. The largest absolute Gasteiger partial charge is 0.422 e. The van der Waals surface area contributed by atoms with Gasteiger partial charge in [-0.3, -0.25) is 9.59 Å². The number of nitrogens with one attached hydrogen (secondary N) is 1. The molecule has 8 heteroatoms. The van der Waals surface area contributed by atoms with Crippen molar-refractivity contribution in [2.24, 2.45) is 0 Å². The van der Waals surface area contributed by atoms with Crippen LogP contribution in [0.5, 0.6) is 0 Å². The summed E-state index contributed by atoms with van der Waals surface area (Å²) in [6.07, 6.45) is 2.36. The fourth-order valence-electron chi connectivity index (χ4n) is 4.31. The SMILES string of the molecule is O=C(NCc1nn(CCN2CCCC2)c(=O)c2ccccc12)c1cc2ccccc2oc1=O. The van der Waals surface area contributed by atoms with Crippen LogP contribution < -0.4 is 16.5 Å². The van der Waals surface area contributed by atoms with Crippen molar-refractivity contribution < 1.29 is 9.21 Å². The topological polar surface area (TPSA) is 97.4 Å². The van der Waals surface area contributed by atoms with Gasteiger partial charge >= 0.3 is 5.63 Å². The third-order valence-corrected chi connectivity index (χ3v) is 6.07. The molecule has 1 N–H and O–H groups in total. The van der Waals surface area contributed by atoms with E-state index in [2.05, 4.69) is 15.3 Å². The Hall–Kier alpha value is -3.78. The summed E-state index contributed by atoms with van der Waals surface area (Å²) in [5.74, 6) is -0.546. The minimum Gasteiger partial charge on any atom is -0.422 e. The van der Waals surface area contributed by atoms with Crippen molar-refractivity contribution in [1.29, 1.82) is 0 Å². The van der Waals surface area contributed by atoms with Crippen LogP contribution in [0.15, 0.2) is 68.6 Å². The van der Waals surface area contributed by atoms with Crippen molar-refractivity contribution in [2.45, 2.75) is 25.9 Å². The van der Waals surface area contributed by atoms with E-state index in [-0.39, 0.29) is 17.7 Å². The number of benzene rings is 2. The van der Waals surface area contributed by atoms with Gasteiger partial charge < -0.3 is 14.6 Å². The van der Waals surface area contributed by atoms with E-state index in [1.807, 2.05) is 24.3 Å². The Kier molecular flexibility index (Phi) is 5.75. The lowest BCUT2D eigenvalue weighted by Gasteiger charge is -2.16. The Labute approximate surface area is 189 Å². The molecular formula is C25H24N4O4. The van der Waals surface area contributed by atoms with Gasteiger partial charge in [0, 0.05) is 17.3 Å². The molecule has 0 unspecified atom stereocenters. The van der Waals surface area contributed by atoms with Crippen LogP contribution in [0.3, 0.4) is 0 Å². The van der Waals surface area contributed by atoms with Crippen LogP contribution in [0.4, 0.5) is 0 Å². The van der Waals surface area contributed by atoms with E-state index >= 15 is 0 Å². The monoisotopic (exact) mass is 444 g/mol. The van der Waals surface area contributed by atoms with E-state index in [1.165, 1.54) is 23.6 Å². The van der Waals surface area contributed by atoms with Gasteiger partial charge in [-0.25, -0.2) is 9.48 Å². The van der Waals surface area contributed by atoms with E-state index in [0.29, 0.717) is 34.0 Å². The molecule has 0 aliphatic carbocycles. The fourth-order valence-corrected chi connectivity index (χ4v) is 4.31. The molecule has 1 saturated heterocycles. The second kappa shape index (κ2) is 8.99. The highest BCUT2D eigenvalue weighted by atomic mass is 16.4. The maximum atomic E-state index is 13.0. The van der Waals surface area contributed by atoms with Crippen LogP contribution >= 0.6 is 0 Å². The first-order valence-corrected chi connectivity index (χ1v) is 11.1. The number of amides is 1. The summed E-state index contributed by atoms with van der Waals surface area (Å²) < 4.78 is 6.75. The van der Waals surface area contributed by atoms with Gasteiger partial charge in [0.1, 0.15) is 11.1 Å². The molecule has 0 radical (unpaired) electrons. The van der Waals surface area contributed by atoms with E-state index in [4.69, 9.17) is 4.42 Å². The number of hydrogen-bond acceptors (Lipinski definition) is 6. The molecule has 5 rings (SSSR count). The van der Waals surface area contributed by atoms with E-state index in [0.717, 1.165) is 19.6 Å². The average Bonchev–Trinajstić information content (AvgIpc) is 3.36. The zero-order valence-electron chi connectivity index (χ0n) is 18.1. The molecule has 0 saturated carbocycles. The number of nitrogens with zero attached hydrogens (tertiary/aromatic N) is 3. The minimum atomic E-state index is -0.695. The summed E-state index contributed by atoms with van der Waals surface area (Å²) in [6, 6.07) is 15.8. The molecule has 1 aliphatic heterocycles. The molecule has 0 spiro atoms. The van der Waals surface area contributed by atoms with E-state index < -0.39 is 11.5 Å². The number of carbonyl (C=O) groups excluding carboxylic acids is 1. The zero-order chi connectivity index (χ0) is 22.8. The second-order valence-electron chi connectivity index (χ2n) is 8.24. The Morgan fingerprint density at radius 3 is 2.52 bits per heavy atom. The Bertz CT molecular complexity index is 1450. The maximum absolute atomic E-state index is 13.0. The fraction of sp³-hybridized carbons (Fsp3) is 0.280. The van der Waals surface area contributed by atoms with Crippen molar-refractivity contribution >= 4 is 27.6 Å². The molecule has 168 valence electrons. The zero-order valence-corrected chi connectivity index (χ0v) is 18.1. The Morgan fingerprint density at radius 1 is 0.970 bits per heavy atom. The highest BCUT2D eigenvalue weighted by molar-refractivity contribution is 5.96. The van der Waals surface area contributed by atoms with Gasteiger partial charge in [0.25, 0.3) is 11.5 Å². The molecule has 8 nitrogen and oxygen atoms in total. The first kappa shape index (κ1) is 21.1. The highest BCUT2D eigenvalue weighted by Gasteiger charge is 2.17. The van der Waals surface area contributed by atoms with Gasteiger partial charge in [-0.05, 0) is 44.1 Å². The summed E-state index contributed by atoms with van der Waals surface area (Å²) >= 11 is 0. The number of fused-ring (bicyclic) bond motifs is 2. The molecule has 2 aromatic carbocycles. The third-order valence-electron chi connectivity index (χ3n) is 6.07. The maximum Gasteiger partial charge on any atom is 0.349 e. The molecule has 0 atom stereocenters. The van der Waals surface area contributed by atoms with Crippen LogP contribution in [0.25, 0.3) is 21.7 Å². The van der Waals surface area contributed by atoms with Crippen molar-refractivity contribution in [3.8, 4) is 0 Å². The van der Waals surface area contributed by atoms with Gasteiger partial charge in [0.2, 0.25) is 0 Å². The third kappa shape index (κ3) is 4.29. The number of likely N-dealkylation sites (tertiary alicyclic amines) is 1. The number of aromatic nitrogens is 2. The van der Waals surface area contributed by atoms with E-state index in [9.17, 15) is 14.4 Å². The molecule has 1 aliphatic rings. The molecular weight excluding hydrogens is 420 g/mol. The number of rotatable bonds is 6. The molecule has 0 bridgehead atoms. The normalized spacial score (nSPS) is 14.2. The second-order valence-corrected chi connectivity index (χ2v) is 8.24.